The van der Waals surface area contributed by atoms with E-state index in [4.69, 9.17) is 4.74 Å². The molecule has 2 amide bonds. The maximum absolute atomic E-state index is 12.9. The van der Waals surface area contributed by atoms with Crippen molar-refractivity contribution in [3.63, 3.8) is 0 Å². The summed E-state index contributed by atoms with van der Waals surface area (Å²) in [7, 11) is 0. The molecule has 1 aliphatic heterocycles. The predicted octanol–water partition coefficient (Wildman–Crippen LogP) is 1.76. The normalized spacial score (nSPS) is 16.5. The topological polar surface area (TPSA) is 71.5 Å². The smallest absolute Gasteiger partial charge is 0.253 e. The highest BCUT2D eigenvalue weighted by Gasteiger charge is 2.38. The fourth-order valence-corrected chi connectivity index (χ4v) is 2.38. The van der Waals surface area contributed by atoms with Crippen LogP contribution in [0.25, 0.3) is 0 Å². The van der Waals surface area contributed by atoms with Crippen LogP contribution in [-0.2, 0) is 4.79 Å². The lowest BCUT2D eigenvalue weighted by Crippen LogP contribution is -2.64. The van der Waals surface area contributed by atoms with E-state index < -0.39 is 6.04 Å². The van der Waals surface area contributed by atoms with Crippen molar-refractivity contribution in [2.45, 2.75) is 13.0 Å². The number of pyridine rings is 1. The first kappa shape index (κ1) is 15.9. The fraction of sp³-hybridized carbons (Fsp3) is 0.235. The van der Waals surface area contributed by atoms with Gasteiger partial charge < -0.3 is 15.0 Å². The minimum atomic E-state index is -0.589. The largest absolute Gasteiger partial charge is 0.478 e. The molecule has 1 N–H and O–H groups in total. The number of hydrogen-bond donors (Lipinski definition) is 1. The van der Waals surface area contributed by atoms with Gasteiger partial charge in [-0.2, -0.15) is 0 Å². The summed E-state index contributed by atoms with van der Waals surface area (Å²) in [6.45, 7) is 2.69. The quantitative estimate of drug-likeness (QED) is 0.849. The molecule has 1 aromatic heterocycles. The van der Waals surface area contributed by atoms with E-state index in [9.17, 15) is 14.0 Å². The number of hydrogen-bond acceptors (Lipinski definition) is 4. The van der Waals surface area contributed by atoms with Gasteiger partial charge in [0.15, 0.2) is 0 Å². The Kier molecular flexibility index (Phi) is 4.41. The van der Waals surface area contributed by atoms with Gasteiger partial charge in [0, 0.05) is 18.0 Å². The van der Waals surface area contributed by atoms with E-state index in [1.165, 1.54) is 35.4 Å². The van der Waals surface area contributed by atoms with Crippen molar-refractivity contribution in [2.24, 2.45) is 0 Å². The minimum Gasteiger partial charge on any atom is -0.478 e. The molecule has 2 aromatic rings. The van der Waals surface area contributed by atoms with Crippen molar-refractivity contribution in [3.8, 4) is 5.88 Å². The van der Waals surface area contributed by atoms with Gasteiger partial charge in [-0.1, -0.05) is 0 Å². The van der Waals surface area contributed by atoms with E-state index in [0.717, 1.165) is 0 Å². The van der Waals surface area contributed by atoms with E-state index in [-0.39, 0.29) is 17.6 Å². The first-order valence-corrected chi connectivity index (χ1v) is 7.55. The van der Waals surface area contributed by atoms with E-state index >= 15 is 0 Å². The van der Waals surface area contributed by atoms with Crippen LogP contribution < -0.4 is 15.0 Å². The molecule has 0 saturated carbocycles. The monoisotopic (exact) mass is 329 g/mol. The average molecular weight is 329 g/mol. The van der Waals surface area contributed by atoms with E-state index in [0.29, 0.717) is 30.3 Å². The Morgan fingerprint density at radius 2 is 2.08 bits per heavy atom. The van der Waals surface area contributed by atoms with Crippen molar-refractivity contribution in [1.82, 2.24) is 10.3 Å². The number of carbonyl (C=O) groups is 2. The first-order valence-electron chi connectivity index (χ1n) is 7.55. The fourth-order valence-electron chi connectivity index (χ4n) is 2.38. The molecule has 0 spiro atoms. The third kappa shape index (κ3) is 3.19. The summed E-state index contributed by atoms with van der Waals surface area (Å²) in [6, 6.07) is 8.25. The Morgan fingerprint density at radius 1 is 1.33 bits per heavy atom. The van der Waals surface area contributed by atoms with Gasteiger partial charge in [0.2, 0.25) is 5.88 Å². The molecule has 7 heteroatoms. The van der Waals surface area contributed by atoms with Crippen LogP contribution in [0.5, 0.6) is 5.88 Å². The van der Waals surface area contributed by atoms with Crippen molar-refractivity contribution >= 4 is 17.5 Å². The second-order valence-electron chi connectivity index (χ2n) is 5.27. The number of ether oxygens (including phenoxy) is 1. The summed E-state index contributed by atoms with van der Waals surface area (Å²) in [4.78, 5) is 29.8. The van der Waals surface area contributed by atoms with Gasteiger partial charge in [-0.25, -0.2) is 9.37 Å². The molecule has 0 aliphatic carbocycles. The van der Waals surface area contributed by atoms with Crippen LogP contribution in [0.2, 0.25) is 0 Å². The number of halogens is 1. The number of nitrogens with one attached hydrogen (secondary N) is 1. The molecule has 1 aliphatic rings. The van der Waals surface area contributed by atoms with Gasteiger partial charge in [-0.15, -0.1) is 0 Å². The van der Waals surface area contributed by atoms with Gasteiger partial charge in [-0.05, 0) is 37.3 Å². The summed E-state index contributed by atoms with van der Waals surface area (Å²) in [6.07, 6.45) is 1.40. The summed E-state index contributed by atoms with van der Waals surface area (Å²) >= 11 is 0. The first-order chi connectivity index (χ1) is 11.6. The van der Waals surface area contributed by atoms with Crippen molar-refractivity contribution in [2.75, 3.05) is 18.1 Å². The molecule has 3 rings (SSSR count). The SMILES string of the molecule is CCOc1ccc(C(=O)N[C@H]2CN(c3ccc(F)cc3)C2=O)cn1. The van der Waals surface area contributed by atoms with Crippen LogP contribution >= 0.6 is 0 Å². The van der Waals surface area contributed by atoms with Crippen LogP contribution in [0.4, 0.5) is 10.1 Å². The third-order valence-electron chi connectivity index (χ3n) is 3.66. The molecule has 6 nitrogen and oxygen atoms in total. The van der Waals surface area contributed by atoms with Gasteiger partial charge in [0.25, 0.3) is 11.8 Å². The molecule has 124 valence electrons. The van der Waals surface area contributed by atoms with E-state index in [1.54, 1.807) is 12.1 Å². The highest BCUT2D eigenvalue weighted by molar-refractivity contribution is 6.07. The molecule has 1 saturated heterocycles. The summed E-state index contributed by atoms with van der Waals surface area (Å²) in [5.41, 5.74) is 0.959. The average Bonchev–Trinajstić information content (AvgIpc) is 2.60. The lowest BCUT2D eigenvalue weighted by molar-refractivity contribution is -0.124. The Bertz CT molecular complexity index is 747. The highest BCUT2D eigenvalue weighted by atomic mass is 19.1. The number of benzene rings is 1. The molecule has 24 heavy (non-hydrogen) atoms. The molecular formula is C17H16FN3O3. The second-order valence-corrected chi connectivity index (χ2v) is 5.27. The van der Waals surface area contributed by atoms with E-state index in [2.05, 4.69) is 10.3 Å². The van der Waals surface area contributed by atoms with Crippen molar-refractivity contribution < 1.29 is 18.7 Å². The van der Waals surface area contributed by atoms with Crippen LogP contribution in [0, 0.1) is 5.82 Å². The molecule has 2 heterocycles. The summed E-state index contributed by atoms with van der Waals surface area (Å²) in [5.74, 6) is -0.521. The minimum absolute atomic E-state index is 0.228. The van der Waals surface area contributed by atoms with Crippen LogP contribution in [0.15, 0.2) is 42.6 Å². The zero-order valence-corrected chi connectivity index (χ0v) is 13.0. The summed E-state index contributed by atoms with van der Waals surface area (Å²) in [5, 5.41) is 2.66. The maximum atomic E-state index is 12.9. The molecule has 0 bridgehead atoms. The lowest BCUT2D eigenvalue weighted by Gasteiger charge is -2.38. The van der Waals surface area contributed by atoms with Crippen LogP contribution in [0.1, 0.15) is 17.3 Å². The molecular weight excluding hydrogens is 313 g/mol. The Morgan fingerprint density at radius 3 is 2.67 bits per heavy atom. The Hall–Kier alpha value is -2.96. The van der Waals surface area contributed by atoms with E-state index in [1.807, 2.05) is 6.92 Å². The van der Waals surface area contributed by atoms with Crippen molar-refractivity contribution in [1.29, 1.82) is 0 Å². The number of rotatable bonds is 5. The number of carbonyl (C=O) groups excluding carboxylic acids is 2. The third-order valence-corrected chi connectivity index (χ3v) is 3.66. The van der Waals surface area contributed by atoms with Gasteiger partial charge in [0.1, 0.15) is 11.9 Å². The Labute approximate surface area is 138 Å². The van der Waals surface area contributed by atoms with Crippen molar-refractivity contribution in [3.05, 3.63) is 54.0 Å². The van der Waals surface area contributed by atoms with Crippen LogP contribution in [-0.4, -0.2) is 36.0 Å². The number of aromatic nitrogens is 1. The molecule has 1 atom stereocenters. The predicted molar refractivity (Wildman–Crippen MR) is 85.4 cm³/mol. The van der Waals surface area contributed by atoms with Gasteiger partial charge in [0.05, 0.1) is 18.7 Å². The molecule has 0 unspecified atom stereocenters. The maximum Gasteiger partial charge on any atom is 0.253 e. The van der Waals surface area contributed by atoms with Crippen LogP contribution in [0.3, 0.4) is 0 Å². The molecule has 0 radical (unpaired) electrons. The highest BCUT2D eigenvalue weighted by Crippen LogP contribution is 2.22. The second kappa shape index (κ2) is 6.66. The van der Waals surface area contributed by atoms with Gasteiger partial charge >= 0.3 is 0 Å². The summed E-state index contributed by atoms with van der Waals surface area (Å²) < 4.78 is 18.1. The zero-order valence-electron chi connectivity index (χ0n) is 13.0. The molecule has 1 fully saturated rings. The lowest BCUT2D eigenvalue weighted by atomic mass is 10.1. The van der Waals surface area contributed by atoms with Gasteiger partial charge in [-0.3, -0.25) is 9.59 Å². The zero-order chi connectivity index (χ0) is 17.1. The number of anilines is 1. The number of nitrogens with zero attached hydrogens (tertiary/aromatic N) is 2. The molecule has 1 aromatic carbocycles. The number of amides is 2. The number of β-lactam (4-membered cyclic amide) rings is 1. The Balaban J connectivity index is 1.58. The standard InChI is InChI=1S/C17H16FN3O3/c1-2-24-15-8-3-11(9-19-15)16(22)20-14-10-21(17(14)23)13-6-4-12(18)5-7-13/h3-9,14H,2,10H2,1H3,(H,20,22)/t14-/m0/s1.